The molecule has 0 radical (unpaired) electrons. The Morgan fingerprint density at radius 3 is 2.62 bits per heavy atom. The Kier molecular flexibility index (Phi) is 1.55. The fourth-order valence-electron chi connectivity index (χ4n) is 2.75. The highest BCUT2D eigenvalue weighted by atomic mass is 14.4. The molecule has 0 bridgehead atoms. The van der Waals surface area contributed by atoms with E-state index in [2.05, 4.69) is 36.4 Å². The van der Waals surface area contributed by atoms with E-state index in [-0.39, 0.29) is 0 Å². The molecule has 0 N–H and O–H groups in total. The maximum absolute atomic E-state index is 2.48. The van der Waals surface area contributed by atoms with Crippen molar-refractivity contribution in [3.8, 4) is 0 Å². The molecule has 0 saturated heterocycles. The van der Waals surface area contributed by atoms with Gasteiger partial charge in [0, 0.05) is 0 Å². The molecule has 2 aliphatic rings. The van der Waals surface area contributed by atoms with Crippen molar-refractivity contribution in [2.45, 2.75) is 19.3 Å². The molecule has 1 saturated carbocycles. The molecule has 66 valence electrons. The summed E-state index contributed by atoms with van der Waals surface area (Å²) in [5.74, 6) is 1.83. The predicted octanol–water partition coefficient (Wildman–Crippen LogP) is 3.50. The normalized spacial score (nSPS) is 30.6. The van der Waals surface area contributed by atoms with Gasteiger partial charge in [-0.25, -0.2) is 0 Å². The van der Waals surface area contributed by atoms with Gasteiger partial charge >= 0.3 is 0 Å². The lowest BCUT2D eigenvalue weighted by Crippen LogP contribution is -2.17. The molecule has 0 spiro atoms. The van der Waals surface area contributed by atoms with Crippen LogP contribution in [0.1, 0.15) is 24.8 Å². The van der Waals surface area contributed by atoms with Crippen molar-refractivity contribution >= 4 is 5.57 Å². The Labute approximate surface area is 79.3 Å². The zero-order valence-electron chi connectivity index (χ0n) is 7.74. The third kappa shape index (κ3) is 1.05. The minimum Gasteiger partial charge on any atom is -0.0767 e. The number of benzene rings is 1. The molecule has 0 heterocycles. The zero-order valence-corrected chi connectivity index (χ0v) is 7.74. The summed E-state index contributed by atoms with van der Waals surface area (Å²) in [7, 11) is 0. The van der Waals surface area contributed by atoms with Gasteiger partial charge in [-0.2, -0.15) is 0 Å². The average molecular weight is 170 g/mol. The van der Waals surface area contributed by atoms with Crippen LogP contribution in [0.25, 0.3) is 5.57 Å². The molecule has 0 aliphatic heterocycles. The van der Waals surface area contributed by atoms with Gasteiger partial charge in [0.1, 0.15) is 0 Å². The summed E-state index contributed by atoms with van der Waals surface area (Å²) in [6.45, 7) is 0. The molecule has 2 atom stereocenters. The first kappa shape index (κ1) is 7.37. The lowest BCUT2D eigenvalue weighted by Gasteiger charge is -2.30. The van der Waals surface area contributed by atoms with E-state index in [1.807, 2.05) is 0 Å². The highest BCUT2D eigenvalue weighted by Crippen LogP contribution is 2.50. The first-order chi connectivity index (χ1) is 6.45. The smallest absolute Gasteiger partial charge is 0.00959 e. The van der Waals surface area contributed by atoms with Crippen molar-refractivity contribution in [1.29, 1.82) is 0 Å². The van der Waals surface area contributed by atoms with Gasteiger partial charge in [-0.1, -0.05) is 42.8 Å². The average Bonchev–Trinajstić information content (AvgIpc) is 2.50. The molecule has 3 rings (SSSR count). The first-order valence-corrected chi connectivity index (χ1v) is 5.22. The molecule has 1 aromatic rings. The topological polar surface area (TPSA) is 0 Å². The molecule has 0 amide bonds. The Morgan fingerprint density at radius 2 is 1.85 bits per heavy atom. The summed E-state index contributed by atoms with van der Waals surface area (Å²) in [4.78, 5) is 0. The van der Waals surface area contributed by atoms with Crippen molar-refractivity contribution in [2.75, 3.05) is 0 Å². The van der Waals surface area contributed by atoms with Gasteiger partial charge in [0.2, 0.25) is 0 Å². The maximum Gasteiger partial charge on any atom is -0.00959 e. The first-order valence-electron chi connectivity index (χ1n) is 5.22. The standard InChI is InChI=1S/C13H14/c1-2-5-10(6-3-1)13-9-11-7-4-8-12(11)13/h1-3,5-6,9,11-12H,4,7-8H2. The molecule has 0 aromatic heterocycles. The Hall–Kier alpha value is -1.04. The van der Waals surface area contributed by atoms with Crippen LogP contribution in [0.15, 0.2) is 36.4 Å². The number of hydrogen-bond acceptors (Lipinski definition) is 0. The van der Waals surface area contributed by atoms with E-state index in [1.165, 1.54) is 24.8 Å². The fraction of sp³-hybridized carbons (Fsp3) is 0.385. The highest BCUT2D eigenvalue weighted by molar-refractivity contribution is 5.73. The molecule has 13 heavy (non-hydrogen) atoms. The van der Waals surface area contributed by atoms with E-state index >= 15 is 0 Å². The monoisotopic (exact) mass is 170 g/mol. The van der Waals surface area contributed by atoms with Gasteiger partial charge in [0.15, 0.2) is 0 Å². The molecular weight excluding hydrogens is 156 g/mol. The van der Waals surface area contributed by atoms with Gasteiger partial charge in [-0.05, 0) is 35.8 Å². The molecule has 0 heteroatoms. The molecule has 2 aliphatic carbocycles. The second kappa shape index (κ2) is 2.73. The van der Waals surface area contributed by atoms with Gasteiger partial charge in [-0.3, -0.25) is 0 Å². The van der Waals surface area contributed by atoms with Crippen LogP contribution in [0.4, 0.5) is 0 Å². The van der Waals surface area contributed by atoms with Crippen LogP contribution < -0.4 is 0 Å². The lowest BCUT2D eigenvalue weighted by atomic mass is 9.74. The van der Waals surface area contributed by atoms with E-state index in [0.29, 0.717) is 0 Å². The molecule has 0 nitrogen and oxygen atoms in total. The largest absolute Gasteiger partial charge is 0.0767 e. The summed E-state index contributed by atoms with van der Waals surface area (Å²) in [6, 6.07) is 10.8. The molecule has 2 unspecified atom stereocenters. The molecule has 1 aromatic carbocycles. The Morgan fingerprint density at radius 1 is 1.00 bits per heavy atom. The van der Waals surface area contributed by atoms with Crippen LogP contribution in [0.5, 0.6) is 0 Å². The fourth-order valence-corrected chi connectivity index (χ4v) is 2.75. The van der Waals surface area contributed by atoms with Crippen molar-refractivity contribution < 1.29 is 0 Å². The number of allylic oxidation sites excluding steroid dienone is 2. The summed E-state index contributed by atoms with van der Waals surface area (Å²) >= 11 is 0. The molecule has 1 fully saturated rings. The summed E-state index contributed by atoms with van der Waals surface area (Å²) in [6.07, 6.45) is 6.77. The summed E-state index contributed by atoms with van der Waals surface area (Å²) in [5.41, 5.74) is 3.06. The second-order valence-corrected chi connectivity index (χ2v) is 4.19. The van der Waals surface area contributed by atoms with Gasteiger partial charge in [-0.15, -0.1) is 0 Å². The van der Waals surface area contributed by atoms with Crippen molar-refractivity contribution in [2.24, 2.45) is 11.8 Å². The van der Waals surface area contributed by atoms with Crippen LogP contribution in [0, 0.1) is 11.8 Å². The quantitative estimate of drug-likeness (QED) is 0.605. The predicted molar refractivity (Wildman–Crippen MR) is 55.3 cm³/mol. The SMILES string of the molecule is C1=C(c2ccccc2)C2CCCC12. The van der Waals surface area contributed by atoms with E-state index in [1.54, 1.807) is 5.57 Å². The van der Waals surface area contributed by atoms with E-state index in [0.717, 1.165) is 11.8 Å². The zero-order chi connectivity index (χ0) is 8.67. The third-order valence-corrected chi connectivity index (χ3v) is 3.47. The van der Waals surface area contributed by atoms with Crippen LogP contribution in [0.2, 0.25) is 0 Å². The van der Waals surface area contributed by atoms with Crippen LogP contribution in [-0.2, 0) is 0 Å². The number of rotatable bonds is 1. The van der Waals surface area contributed by atoms with Crippen LogP contribution >= 0.6 is 0 Å². The summed E-state index contributed by atoms with van der Waals surface area (Å²) < 4.78 is 0. The third-order valence-electron chi connectivity index (χ3n) is 3.47. The van der Waals surface area contributed by atoms with Crippen LogP contribution in [0.3, 0.4) is 0 Å². The van der Waals surface area contributed by atoms with E-state index in [9.17, 15) is 0 Å². The summed E-state index contributed by atoms with van der Waals surface area (Å²) in [5, 5.41) is 0. The second-order valence-electron chi connectivity index (χ2n) is 4.19. The van der Waals surface area contributed by atoms with Gasteiger partial charge in [0.25, 0.3) is 0 Å². The lowest BCUT2D eigenvalue weighted by molar-refractivity contribution is 0.524. The Balaban J connectivity index is 1.93. The van der Waals surface area contributed by atoms with Gasteiger partial charge in [0.05, 0.1) is 0 Å². The maximum atomic E-state index is 2.48. The van der Waals surface area contributed by atoms with Crippen molar-refractivity contribution in [1.82, 2.24) is 0 Å². The van der Waals surface area contributed by atoms with E-state index < -0.39 is 0 Å². The Bertz CT molecular complexity index is 334. The van der Waals surface area contributed by atoms with Crippen molar-refractivity contribution in [3.63, 3.8) is 0 Å². The number of hydrogen-bond donors (Lipinski definition) is 0. The highest BCUT2D eigenvalue weighted by Gasteiger charge is 2.36. The molecular formula is C13H14. The minimum absolute atomic E-state index is 0.905. The van der Waals surface area contributed by atoms with Crippen LogP contribution in [-0.4, -0.2) is 0 Å². The minimum atomic E-state index is 0.905. The number of fused-ring (bicyclic) bond motifs is 1. The van der Waals surface area contributed by atoms with Gasteiger partial charge < -0.3 is 0 Å². The van der Waals surface area contributed by atoms with E-state index in [4.69, 9.17) is 0 Å². The van der Waals surface area contributed by atoms with Crippen molar-refractivity contribution in [3.05, 3.63) is 42.0 Å².